The first-order chi connectivity index (χ1) is 14.9. The van der Waals surface area contributed by atoms with Gasteiger partial charge in [-0.05, 0) is 86.6 Å². The summed E-state index contributed by atoms with van der Waals surface area (Å²) in [6.07, 6.45) is 0.499. The third-order valence-corrected chi connectivity index (χ3v) is 5.63. The van der Waals surface area contributed by atoms with Crippen LogP contribution in [0.2, 0.25) is 0 Å². The van der Waals surface area contributed by atoms with E-state index >= 15 is 0 Å². The van der Waals surface area contributed by atoms with Crippen LogP contribution in [-0.2, 0) is 27.8 Å². The van der Waals surface area contributed by atoms with Gasteiger partial charge in [0, 0.05) is 12.1 Å². The first-order valence-electron chi connectivity index (χ1n) is 10.4. The number of nitrogens with one attached hydrogen (secondary N) is 1. The number of hydrogen-bond donors (Lipinski definition) is 3. The number of primary amides is 2. The summed E-state index contributed by atoms with van der Waals surface area (Å²) in [5.41, 5.74) is 12.2. The van der Waals surface area contributed by atoms with Crippen LogP contribution in [0.4, 0.5) is 9.18 Å². The molecule has 0 radical (unpaired) electrons. The van der Waals surface area contributed by atoms with Crippen molar-refractivity contribution in [1.29, 1.82) is 0 Å². The Morgan fingerprint density at radius 3 is 2.34 bits per heavy atom. The van der Waals surface area contributed by atoms with Gasteiger partial charge in [0.25, 0.3) is 0 Å². The van der Waals surface area contributed by atoms with E-state index in [2.05, 4.69) is 5.32 Å². The molecule has 170 valence electrons. The number of rotatable bonds is 5. The fourth-order valence-electron chi connectivity index (χ4n) is 4.27. The van der Waals surface area contributed by atoms with Crippen molar-refractivity contribution in [3.63, 3.8) is 0 Å². The van der Waals surface area contributed by atoms with Gasteiger partial charge in [-0.1, -0.05) is 12.1 Å². The number of ether oxygens (including phenoxy) is 1. The molecule has 1 aliphatic carbocycles. The molecule has 0 heterocycles. The molecule has 0 fully saturated rings. The highest BCUT2D eigenvalue weighted by Gasteiger charge is 2.44. The summed E-state index contributed by atoms with van der Waals surface area (Å²) in [6, 6.07) is 9.14. The van der Waals surface area contributed by atoms with Crippen molar-refractivity contribution >= 4 is 17.9 Å². The first-order valence-corrected chi connectivity index (χ1v) is 10.4. The Hall–Kier alpha value is -3.42. The summed E-state index contributed by atoms with van der Waals surface area (Å²) in [4.78, 5) is 36.9. The maximum Gasteiger partial charge on any atom is 0.407 e. The van der Waals surface area contributed by atoms with Crippen LogP contribution < -0.4 is 16.8 Å². The van der Waals surface area contributed by atoms with Crippen molar-refractivity contribution in [1.82, 2.24) is 5.32 Å². The van der Waals surface area contributed by atoms with Crippen LogP contribution in [0.3, 0.4) is 0 Å². The Morgan fingerprint density at radius 2 is 1.72 bits per heavy atom. The second-order valence-electron chi connectivity index (χ2n) is 8.99. The molecule has 8 heteroatoms. The van der Waals surface area contributed by atoms with Crippen LogP contribution in [0.15, 0.2) is 36.4 Å². The lowest BCUT2D eigenvalue weighted by Gasteiger charge is -2.34. The quantitative estimate of drug-likeness (QED) is 0.660. The molecule has 0 bridgehead atoms. The number of carbonyl (C=O) groups excluding carboxylic acids is 3. The third-order valence-electron chi connectivity index (χ3n) is 5.63. The van der Waals surface area contributed by atoms with Gasteiger partial charge in [-0.25, -0.2) is 9.18 Å². The zero-order valence-corrected chi connectivity index (χ0v) is 18.5. The standard InChI is InChI=1S/C24H28FN3O4/c1-23(2,3)32-22(31)28-11-10-24(21(27)30)18-9-7-16(20(26)29)12-15(18)5-4-14-6-8-17(25)13-19(14)24/h6-9,12-13H,4-5,10-11H2,1-3H3,(H2,26,29)(H2,27,30)(H,28,31). The average Bonchev–Trinajstić information content (AvgIpc) is 2.81. The third kappa shape index (κ3) is 4.59. The molecule has 0 aliphatic heterocycles. The summed E-state index contributed by atoms with van der Waals surface area (Å²) < 4.78 is 19.6. The highest BCUT2D eigenvalue weighted by Crippen LogP contribution is 2.42. The summed E-state index contributed by atoms with van der Waals surface area (Å²) in [5, 5.41) is 2.66. The number of fused-ring (bicyclic) bond motifs is 2. The van der Waals surface area contributed by atoms with Crippen molar-refractivity contribution in [2.75, 3.05) is 6.54 Å². The van der Waals surface area contributed by atoms with Crippen molar-refractivity contribution in [3.05, 3.63) is 70.0 Å². The van der Waals surface area contributed by atoms with Crippen LogP contribution in [0, 0.1) is 5.82 Å². The molecule has 1 atom stereocenters. The van der Waals surface area contributed by atoms with Gasteiger partial charge in [0.2, 0.25) is 11.8 Å². The topological polar surface area (TPSA) is 125 Å². The fourth-order valence-corrected chi connectivity index (χ4v) is 4.27. The molecule has 0 spiro atoms. The Bertz CT molecular complexity index is 1080. The molecule has 2 aromatic rings. The highest BCUT2D eigenvalue weighted by molar-refractivity contribution is 5.95. The molecule has 32 heavy (non-hydrogen) atoms. The van der Waals surface area contributed by atoms with Crippen LogP contribution in [0.1, 0.15) is 59.8 Å². The number of hydrogen-bond acceptors (Lipinski definition) is 4. The minimum Gasteiger partial charge on any atom is -0.444 e. The molecule has 0 saturated heterocycles. The van der Waals surface area contributed by atoms with Gasteiger partial charge in [-0.3, -0.25) is 9.59 Å². The van der Waals surface area contributed by atoms with E-state index in [-0.39, 0.29) is 13.0 Å². The maximum absolute atomic E-state index is 14.3. The smallest absolute Gasteiger partial charge is 0.407 e. The van der Waals surface area contributed by atoms with E-state index in [4.69, 9.17) is 16.2 Å². The van der Waals surface area contributed by atoms with Crippen molar-refractivity contribution in [3.8, 4) is 0 Å². The lowest BCUT2D eigenvalue weighted by molar-refractivity contribution is -0.122. The molecule has 0 saturated carbocycles. The Kier molecular flexibility index (Phi) is 6.25. The number of aryl methyl sites for hydroxylation is 2. The number of halogens is 1. The van der Waals surface area contributed by atoms with E-state index in [0.717, 1.165) is 11.1 Å². The average molecular weight is 442 g/mol. The molecule has 1 unspecified atom stereocenters. The molecule has 2 aromatic carbocycles. The van der Waals surface area contributed by atoms with E-state index in [1.165, 1.54) is 18.2 Å². The summed E-state index contributed by atoms with van der Waals surface area (Å²) in [7, 11) is 0. The minimum atomic E-state index is -1.41. The second-order valence-corrected chi connectivity index (χ2v) is 8.99. The van der Waals surface area contributed by atoms with Gasteiger partial charge >= 0.3 is 6.09 Å². The van der Waals surface area contributed by atoms with Crippen LogP contribution in [0.25, 0.3) is 0 Å². The predicted octanol–water partition coefficient (Wildman–Crippen LogP) is 2.71. The van der Waals surface area contributed by atoms with Gasteiger partial charge in [0.15, 0.2) is 0 Å². The van der Waals surface area contributed by atoms with Crippen molar-refractivity contribution in [2.24, 2.45) is 11.5 Å². The fraction of sp³-hybridized carbons (Fsp3) is 0.375. The van der Waals surface area contributed by atoms with Gasteiger partial charge in [-0.2, -0.15) is 0 Å². The molecule has 0 aromatic heterocycles. The van der Waals surface area contributed by atoms with Gasteiger partial charge in [0.05, 0.1) is 0 Å². The number of alkyl carbamates (subject to hydrolysis) is 1. The zero-order valence-electron chi connectivity index (χ0n) is 18.5. The molecular weight excluding hydrogens is 413 g/mol. The SMILES string of the molecule is CC(C)(C)OC(=O)NCCC1(C(N)=O)c2ccc(C(N)=O)cc2CCc2ccc(F)cc21. The lowest BCUT2D eigenvalue weighted by atomic mass is 9.69. The second kappa shape index (κ2) is 8.61. The maximum atomic E-state index is 14.3. The number of benzene rings is 2. The number of nitrogens with two attached hydrogens (primary N) is 2. The molecule has 5 N–H and O–H groups in total. The summed E-state index contributed by atoms with van der Waals surface area (Å²) in [5.74, 6) is -1.76. The normalized spacial score (nSPS) is 17.5. The van der Waals surface area contributed by atoms with Gasteiger partial charge < -0.3 is 21.5 Å². The lowest BCUT2D eigenvalue weighted by Crippen LogP contribution is -2.46. The monoisotopic (exact) mass is 441 g/mol. The van der Waals surface area contributed by atoms with E-state index in [9.17, 15) is 18.8 Å². The van der Waals surface area contributed by atoms with Crippen molar-refractivity contribution < 1.29 is 23.5 Å². The van der Waals surface area contributed by atoms with E-state index in [1.54, 1.807) is 39.0 Å². The van der Waals surface area contributed by atoms with Gasteiger partial charge in [-0.15, -0.1) is 0 Å². The molecule has 7 nitrogen and oxygen atoms in total. The Morgan fingerprint density at radius 1 is 1.03 bits per heavy atom. The Balaban J connectivity index is 2.10. The van der Waals surface area contributed by atoms with Gasteiger partial charge in [0.1, 0.15) is 16.8 Å². The van der Waals surface area contributed by atoms with Crippen LogP contribution >= 0.6 is 0 Å². The molecule has 3 rings (SSSR count). The predicted molar refractivity (Wildman–Crippen MR) is 118 cm³/mol. The minimum absolute atomic E-state index is 0.0603. The summed E-state index contributed by atoms with van der Waals surface area (Å²) in [6.45, 7) is 5.29. The number of amides is 3. The first kappa shape index (κ1) is 23.2. The van der Waals surface area contributed by atoms with Crippen LogP contribution in [-0.4, -0.2) is 30.1 Å². The largest absolute Gasteiger partial charge is 0.444 e. The molecular formula is C24H28FN3O4. The molecule has 1 aliphatic rings. The zero-order chi connectivity index (χ0) is 23.7. The van der Waals surface area contributed by atoms with Crippen LogP contribution in [0.5, 0.6) is 0 Å². The van der Waals surface area contributed by atoms with E-state index in [1.807, 2.05) is 0 Å². The van der Waals surface area contributed by atoms with Crippen molar-refractivity contribution in [2.45, 2.75) is 51.0 Å². The molecule has 3 amide bonds. The van der Waals surface area contributed by atoms with E-state index in [0.29, 0.717) is 29.5 Å². The highest BCUT2D eigenvalue weighted by atomic mass is 19.1. The number of carbonyl (C=O) groups is 3. The van der Waals surface area contributed by atoms with E-state index < -0.39 is 34.7 Å². The Labute approximate surface area is 186 Å². The summed E-state index contributed by atoms with van der Waals surface area (Å²) >= 11 is 0.